The maximum Gasteiger partial charge on any atom is 0.356 e. The molecule has 0 amide bonds. The minimum absolute atomic E-state index is 0. The Hall–Kier alpha value is -4.12. The molecule has 3 heterocycles. The quantitative estimate of drug-likeness (QED) is 0.332. The zero-order valence-electron chi connectivity index (χ0n) is 16.4. The largest absolute Gasteiger partial charge is 0.543 e. The van der Waals surface area contributed by atoms with Gasteiger partial charge in [-0.05, 0) is 0 Å². The van der Waals surface area contributed by atoms with Crippen molar-refractivity contribution in [3.63, 3.8) is 0 Å². The lowest BCUT2D eigenvalue weighted by molar-refractivity contribution is -0.787. The van der Waals surface area contributed by atoms with E-state index in [4.69, 9.17) is 10.2 Å². The lowest BCUT2D eigenvalue weighted by Crippen LogP contribution is -3.04. The first-order valence-electron chi connectivity index (χ1n) is 8.40. The molecule has 0 bridgehead atoms. The first-order valence-corrected chi connectivity index (χ1v) is 8.40. The lowest BCUT2D eigenvalue weighted by atomic mass is 10.3. The number of carbonyl (C=O) groups excluding carboxylic acids is 2. The van der Waals surface area contributed by atoms with Crippen molar-refractivity contribution >= 4 is 23.9 Å². The van der Waals surface area contributed by atoms with Gasteiger partial charge in [-0.15, -0.1) is 0 Å². The molecule has 0 radical (unpaired) electrons. The van der Waals surface area contributed by atoms with Crippen LogP contribution >= 0.6 is 0 Å². The van der Waals surface area contributed by atoms with E-state index in [1.165, 1.54) is 26.2 Å². The Morgan fingerprint density at radius 1 is 0.625 bits per heavy atom. The van der Waals surface area contributed by atoms with Crippen molar-refractivity contribution in [3.8, 4) is 0 Å². The topological polar surface area (TPSA) is 303 Å². The van der Waals surface area contributed by atoms with Crippen molar-refractivity contribution in [2.75, 3.05) is 26.2 Å². The number of aromatic carboxylic acids is 4. The summed E-state index contributed by atoms with van der Waals surface area (Å²) < 4.78 is 0. The van der Waals surface area contributed by atoms with E-state index in [9.17, 15) is 29.4 Å². The van der Waals surface area contributed by atoms with Gasteiger partial charge in [0.2, 0.25) is 0 Å². The highest BCUT2D eigenvalue weighted by Gasteiger charge is 2.13. The number of carboxylic acids is 4. The van der Waals surface area contributed by atoms with E-state index in [2.05, 4.69) is 30.6 Å². The second kappa shape index (κ2) is 15.7. The summed E-state index contributed by atoms with van der Waals surface area (Å²) in [5.74, 6) is -6.19. The molecule has 1 aliphatic rings. The minimum atomic E-state index is -1.65. The molecule has 1 fully saturated rings. The van der Waals surface area contributed by atoms with E-state index < -0.39 is 46.7 Å². The molecule has 16 nitrogen and oxygen atoms in total. The predicted molar refractivity (Wildman–Crippen MR) is 97.2 cm³/mol. The van der Waals surface area contributed by atoms with Crippen molar-refractivity contribution in [2.45, 2.75) is 0 Å². The average molecular weight is 458 g/mol. The standard InChI is InChI=1S/2C6H4N2O4.C4H10N2.2H2O/c2*9-5(10)3-4(6(11)12)8-2-1-7-3;1-2-6-4-3-5-1;;/h2*1-2H,(H,9,10)(H,11,12);5-6H,1-4H2;2*1H2. The van der Waals surface area contributed by atoms with Gasteiger partial charge in [0.25, 0.3) is 0 Å². The number of rotatable bonds is 4. The Kier molecular flexibility index (Phi) is 14.7. The number of nitrogens with two attached hydrogens (primary N) is 2. The Labute approximate surface area is 179 Å². The zero-order chi connectivity index (χ0) is 22.5. The molecule has 2 aromatic heterocycles. The van der Waals surface area contributed by atoms with Gasteiger partial charge in [0.15, 0.2) is 11.4 Å². The molecule has 0 aromatic carbocycles. The molecule has 1 aliphatic heterocycles. The third-order valence-corrected chi connectivity index (χ3v) is 3.34. The molecular weight excluding hydrogens is 436 g/mol. The van der Waals surface area contributed by atoms with E-state index >= 15 is 0 Å². The number of hydrogen-bond acceptors (Lipinski definition) is 10. The van der Waals surface area contributed by atoms with Gasteiger partial charge in [-0.1, -0.05) is 0 Å². The van der Waals surface area contributed by atoms with E-state index in [-0.39, 0.29) is 11.0 Å². The summed E-state index contributed by atoms with van der Waals surface area (Å²) in [6.45, 7) is 5.28. The molecular formula is C16H22N6O10. The number of nitrogens with zero attached hydrogens (tertiary/aromatic N) is 4. The number of hydrogen-bond donors (Lipinski definition) is 4. The fourth-order valence-corrected chi connectivity index (χ4v) is 2.05. The summed E-state index contributed by atoms with van der Waals surface area (Å²) in [5, 5.41) is 42.1. The maximum absolute atomic E-state index is 10.3. The number of carboxylic acid groups (broad SMARTS) is 4. The third kappa shape index (κ3) is 10.1. The highest BCUT2D eigenvalue weighted by molar-refractivity contribution is 5.98. The zero-order valence-corrected chi connectivity index (χ0v) is 16.4. The van der Waals surface area contributed by atoms with E-state index in [1.54, 1.807) is 0 Å². The van der Waals surface area contributed by atoms with Gasteiger partial charge in [0.1, 0.15) is 37.6 Å². The van der Waals surface area contributed by atoms with Crippen LogP contribution in [0.25, 0.3) is 0 Å². The molecule has 0 unspecified atom stereocenters. The number of quaternary nitrogens is 2. The summed E-state index contributed by atoms with van der Waals surface area (Å²) in [5.41, 5.74) is -2.55. The Balaban J connectivity index is 0. The van der Waals surface area contributed by atoms with Gasteiger partial charge in [-0.25, -0.2) is 19.6 Å². The van der Waals surface area contributed by atoms with Crippen LogP contribution in [0.5, 0.6) is 0 Å². The van der Waals surface area contributed by atoms with Crippen molar-refractivity contribution in [3.05, 3.63) is 47.6 Å². The van der Waals surface area contributed by atoms with Crippen LogP contribution in [0.2, 0.25) is 0 Å². The summed E-state index contributed by atoms with van der Waals surface area (Å²) in [6.07, 6.45) is 4.35. The van der Waals surface area contributed by atoms with Crippen LogP contribution in [0, 0.1) is 0 Å². The fraction of sp³-hybridized carbons (Fsp3) is 0.250. The van der Waals surface area contributed by atoms with Crippen LogP contribution in [-0.4, -0.2) is 91.2 Å². The van der Waals surface area contributed by atoms with Crippen molar-refractivity contribution in [1.82, 2.24) is 19.9 Å². The molecule has 16 heteroatoms. The van der Waals surface area contributed by atoms with Gasteiger partial charge < -0.3 is 51.6 Å². The number of carbonyl (C=O) groups is 4. The molecule has 10 N–H and O–H groups in total. The van der Waals surface area contributed by atoms with Gasteiger partial charge in [0, 0.05) is 24.8 Å². The van der Waals surface area contributed by atoms with Gasteiger partial charge in [-0.2, -0.15) is 0 Å². The average Bonchev–Trinajstić information content (AvgIpc) is 2.75. The summed E-state index contributed by atoms with van der Waals surface area (Å²) in [6, 6.07) is 0. The Bertz CT molecular complexity index is 761. The Morgan fingerprint density at radius 2 is 0.875 bits per heavy atom. The summed E-state index contributed by atoms with van der Waals surface area (Å²) in [4.78, 5) is 54.4. The van der Waals surface area contributed by atoms with Crippen molar-refractivity contribution in [1.29, 1.82) is 0 Å². The SMILES string of the molecule is C1C[NH2+]CC[NH2+]1.O.O.O=C([O-])c1nccnc1C(=O)O.O=C([O-])c1nccnc1C(=O)O. The van der Waals surface area contributed by atoms with Crippen LogP contribution in [0.3, 0.4) is 0 Å². The monoisotopic (exact) mass is 458 g/mol. The highest BCUT2D eigenvalue weighted by atomic mass is 16.4. The molecule has 0 atom stereocenters. The molecule has 0 saturated carbocycles. The number of piperazine rings is 1. The van der Waals surface area contributed by atoms with Crippen LogP contribution < -0.4 is 20.8 Å². The van der Waals surface area contributed by atoms with E-state index in [0.29, 0.717) is 0 Å². The Morgan fingerprint density at radius 3 is 1.03 bits per heavy atom. The van der Waals surface area contributed by atoms with Gasteiger partial charge >= 0.3 is 11.9 Å². The number of aromatic nitrogens is 4. The second-order valence-electron chi connectivity index (χ2n) is 5.42. The fourth-order valence-electron chi connectivity index (χ4n) is 2.05. The van der Waals surface area contributed by atoms with E-state index in [0.717, 1.165) is 24.8 Å². The van der Waals surface area contributed by atoms with Crippen molar-refractivity contribution < 1.29 is 61.2 Å². The van der Waals surface area contributed by atoms with E-state index in [1.807, 2.05) is 0 Å². The predicted octanol–water partition coefficient (Wildman–Crippen LogP) is -7.45. The molecule has 3 rings (SSSR count). The summed E-state index contributed by atoms with van der Waals surface area (Å²) >= 11 is 0. The smallest absolute Gasteiger partial charge is 0.356 e. The van der Waals surface area contributed by atoms with Crippen molar-refractivity contribution in [2.24, 2.45) is 0 Å². The normalized spacial score (nSPS) is 11.5. The molecule has 176 valence electrons. The van der Waals surface area contributed by atoms with Crippen LogP contribution in [0.1, 0.15) is 42.0 Å². The molecule has 0 aliphatic carbocycles. The molecule has 2 aromatic rings. The first-order chi connectivity index (χ1) is 14.3. The first kappa shape index (κ1) is 30.1. The molecule has 32 heavy (non-hydrogen) atoms. The molecule has 0 spiro atoms. The van der Waals surface area contributed by atoms with Gasteiger partial charge in [0.05, 0.1) is 11.9 Å². The van der Waals surface area contributed by atoms with Crippen LogP contribution in [-0.2, 0) is 0 Å². The molecule has 1 saturated heterocycles. The highest BCUT2D eigenvalue weighted by Crippen LogP contribution is 1.99. The third-order valence-electron chi connectivity index (χ3n) is 3.34. The second-order valence-corrected chi connectivity index (χ2v) is 5.42. The maximum atomic E-state index is 10.3. The van der Waals surface area contributed by atoms with Crippen LogP contribution in [0.4, 0.5) is 0 Å². The van der Waals surface area contributed by atoms with Crippen LogP contribution in [0.15, 0.2) is 24.8 Å². The summed E-state index contributed by atoms with van der Waals surface area (Å²) in [7, 11) is 0. The minimum Gasteiger partial charge on any atom is -0.543 e. The van der Waals surface area contributed by atoms with Gasteiger partial charge in [-0.3, -0.25) is 9.97 Å². The lowest BCUT2D eigenvalue weighted by Gasteiger charge is -2.04.